The van der Waals surface area contributed by atoms with E-state index in [1.165, 1.54) is 28.5 Å². The van der Waals surface area contributed by atoms with Crippen LogP contribution in [0.2, 0.25) is 0 Å². The lowest BCUT2D eigenvalue weighted by Crippen LogP contribution is -2.27. The Kier molecular flexibility index (Phi) is 4.03. The Morgan fingerprint density at radius 3 is 2.44 bits per heavy atom. The van der Waals surface area contributed by atoms with Gasteiger partial charge in [-0.1, -0.05) is 18.2 Å². The third-order valence-electron chi connectivity index (χ3n) is 2.69. The molecule has 0 radical (unpaired) electrons. The number of aliphatic carboxylic acids is 1. The number of aryl methyl sites for hydroxylation is 2. The zero-order valence-corrected chi connectivity index (χ0v) is 11.0. The Bertz CT molecular complexity index is 397. The largest absolute Gasteiger partial charge is 0.480 e. The van der Waals surface area contributed by atoms with Crippen LogP contribution in [0.15, 0.2) is 18.2 Å². The van der Waals surface area contributed by atoms with E-state index < -0.39 is 10.7 Å². The van der Waals surface area contributed by atoms with Gasteiger partial charge in [-0.2, -0.15) is 0 Å². The lowest BCUT2D eigenvalue weighted by molar-refractivity contribution is -0.138. The summed E-state index contributed by atoms with van der Waals surface area (Å²) in [7, 11) is 0. The predicted octanol–water partition coefficient (Wildman–Crippen LogP) is 3.40. The van der Waals surface area contributed by atoms with Crippen molar-refractivity contribution in [3.8, 4) is 0 Å². The summed E-state index contributed by atoms with van der Waals surface area (Å²) in [4.78, 5) is 10.9. The summed E-state index contributed by atoms with van der Waals surface area (Å²) in [5.41, 5.74) is 3.71. The first-order chi connectivity index (χ1) is 7.33. The summed E-state index contributed by atoms with van der Waals surface area (Å²) < 4.78 is -0.723. The summed E-state index contributed by atoms with van der Waals surface area (Å²) in [5.74, 6) is -0.0261. The van der Waals surface area contributed by atoms with Gasteiger partial charge in [0.15, 0.2) is 0 Å². The van der Waals surface area contributed by atoms with Crippen LogP contribution in [-0.4, -0.2) is 15.8 Å². The Balaban J connectivity index is 2.68. The van der Waals surface area contributed by atoms with Gasteiger partial charge in [0.05, 0.1) is 0 Å². The highest BCUT2D eigenvalue weighted by molar-refractivity contribution is 8.00. The topological polar surface area (TPSA) is 37.3 Å². The highest BCUT2D eigenvalue weighted by atomic mass is 32.2. The summed E-state index contributed by atoms with van der Waals surface area (Å²) in [6.45, 7) is 7.63. The number of carboxylic acids is 1. The van der Waals surface area contributed by atoms with Crippen molar-refractivity contribution in [2.24, 2.45) is 0 Å². The first-order valence-electron chi connectivity index (χ1n) is 5.26. The van der Waals surface area contributed by atoms with Crippen LogP contribution in [0.25, 0.3) is 0 Å². The van der Waals surface area contributed by atoms with Gasteiger partial charge >= 0.3 is 5.97 Å². The molecule has 0 bridgehead atoms. The second-order valence-corrected chi connectivity index (χ2v) is 6.12. The minimum Gasteiger partial charge on any atom is -0.480 e. The van der Waals surface area contributed by atoms with E-state index in [-0.39, 0.29) is 0 Å². The van der Waals surface area contributed by atoms with E-state index in [1.54, 1.807) is 13.8 Å². The smallest absolute Gasteiger partial charge is 0.319 e. The maximum Gasteiger partial charge on any atom is 0.319 e. The lowest BCUT2D eigenvalue weighted by atomic mass is 10.1. The molecule has 1 aromatic rings. The van der Waals surface area contributed by atoms with Crippen molar-refractivity contribution in [2.45, 2.75) is 38.2 Å². The zero-order valence-electron chi connectivity index (χ0n) is 10.2. The van der Waals surface area contributed by atoms with Crippen molar-refractivity contribution in [1.82, 2.24) is 0 Å². The number of hydrogen-bond donors (Lipinski definition) is 1. The minimum absolute atomic E-state index is 0.723. The van der Waals surface area contributed by atoms with Gasteiger partial charge in [-0.05, 0) is 44.4 Å². The third kappa shape index (κ3) is 3.27. The van der Waals surface area contributed by atoms with Crippen molar-refractivity contribution in [2.75, 3.05) is 0 Å². The molecule has 2 nitrogen and oxygen atoms in total. The van der Waals surface area contributed by atoms with Gasteiger partial charge < -0.3 is 5.11 Å². The molecule has 0 saturated heterocycles. The van der Waals surface area contributed by atoms with Crippen LogP contribution in [0.5, 0.6) is 0 Å². The molecule has 0 saturated carbocycles. The van der Waals surface area contributed by atoms with Gasteiger partial charge in [0.25, 0.3) is 0 Å². The first kappa shape index (κ1) is 13.1. The van der Waals surface area contributed by atoms with Crippen molar-refractivity contribution in [3.63, 3.8) is 0 Å². The second kappa shape index (κ2) is 4.91. The Labute approximate surface area is 101 Å². The molecule has 0 aromatic heterocycles. The molecule has 0 unspecified atom stereocenters. The molecule has 1 N–H and O–H groups in total. The maximum absolute atomic E-state index is 10.9. The van der Waals surface area contributed by atoms with E-state index in [2.05, 4.69) is 32.0 Å². The average Bonchev–Trinajstić information content (AvgIpc) is 2.20. The van der Waals surface area contributed by atoms with E-state index >= 15 is 0 Å². The molecular weight excluding hydrogens is 220 g/mol. The average molecular weight is 238 g/mol. The summed E-state index contributed by atoms with van der Waals surface area (Å²) in [5, 5.41) is 9.00. The lowest BCUT2D eigenvalue weighted by Gasteiger charge is -2.18. The van der Waals surface area contributed by atoms with Crippen molar-refractivity contribution >= 4 is 17.7 Å². The molecule has 1 rings (SSSR count). The van der Waals surface area contributed by atoms with E-state index in [4.69, 9.17) is 5.11 Å². The molecule has 0 heterocycles. The molecule has 1 aromatic carbocycles. The minimum atomic E-state index is -0.763. The van der Waals surface area contributed by atoms with E-state index in [1.807, 2.05) is 0 Å². The van der Waals surface area contributed by atoms with E-state index in [0.29, 0.717) is 0 Å². The molecule has 0 spiro atoms. The summed E-state index contributed by atoms with van der Waals surface area (Å²) in [6.07, 6.45) is 0. The van der Waals surface area contributed by atoms with Crippen molar-refractivity contribution in [1.29, 1.82) is 0 Å². The van der Waals surface area contributed by atoms with Crippen molar-refractivity contribution in [3.05, 3.63) is 34.9 Å². The summed E-state index contributed by atoms with van der Waals surface area (Å²) in [6, 6.07) is 6.27. The Morgan fingerprint density at radius 1 is 1.31 bits per heavy atom. The van der Waals surface area contributed by atoms with Gasteiger partial charge in [-0.25, -0.2) is 0 Å². The fourth-order valence-electron chi connectivity index (χ4n) is 1.22. The zero-order chi connectivity index (χ0) is 12.3. The van der Waals surface area contributed by atoms with Crippen LogP contribution in [-0.2, 0) is 10.5 Å². The molecular formula is C13H18O2S. The Morgan fingerprint density at radius 2 is 1.94 bits per heavy atom. The number of carboxylic acid groups (broad SMARTS) is 1. The summed E-state index contributed by atoms with van der Waals surface area (Å²) >= 11 is 1.45. The highest BCUT2D eigenvalue weighted by Crippen LogP contribution is 2.28. The molecule has 3 heteroatoms. The number of thioether (sulfide) groups is 1. The first-order valence-corrected chi connectivity index (χ1v) is 6.25. The van der Waals surface area contributed by atoms with Gasteiger partial charge in [0.1, 0.15) is 4.75 Å². The van der Waals surface area contributed by atoms with Gasteiger partial charge in [0.2, 0.25) is 0 Å². The molecule has 0 aliphatic heterocycles. The standard InChI is InChI=1S/C13H18O2S/c1-9-5-6-11(7-10(9)2)8-16-13(3,4)12(14)15/h5-7H,8H2,1-4H3,(H,14,15). The van der Waals surface area contributed by atoms with Crippen LogP contribution in [0.3, 0.4) is 0 Å². The van der Waals surface area contributed by atoms with Gasteiger partial charge in [0, 0.05) is 5.75 Å². The van der Waals surface area contributed by atoms with E-state index in [9.17, 15) is 4.79 Å². The van der Waals surface area contributed by atoms with Crippen molar-refractivity contribution < 1.29 is 9.90 Å². The quantitative estimate of drug-likeness (QED) is 0.873. The molecule has 88 valence electrons. The van der Waals surface area contributed by atoms with Gasteiger partial charge in [-0.3, -0.25) is 4.79 Å². The van der Waals surface area contributed by atoms with Crippen LogP contribution >= 0.6 is 11.8 Å². The predicted molar refractivity (Wildman–Crippen MR) is 68.9 cm³/mol. The second-order valence-electron chi connectivity index (χ2n) is 4.52. The fraction of sp³-hybridized carbons (Fsp3) is 0.462. The molecule has 16 heavy (non-hydrogen) atoms. The van der Waals surface area contributed by atoms with Crippen LogP contribution in [0.1, 0.15) is 30.5 Å². The number of benzene rings is 1. The molecule has 0 amide bonds. The Hall–Kier alpha value is -0.960. The molecule has 0 fully saturated rings. The monoisotopic (exact) mass is 238 g/mol. The SMILES string of the molecule is Cc1ccc(CSC(C)(C)C(=O)O)cc1C. The van der Waals surface area contributed by atoms with Crippen LogP contribution in [0, 0.1) is 13.8 Å². The fourth-order valence-corrected chi connectivity index (χ4v) is 2.05. The third-order valence-corrected chi connectivity index (χ3v) is 4.06. The maximum atomic E-state index is 10.9. The van der Waals surface area contributed by atoms with E-state index in [0.717, 1.165) is 5.75 Å². The molecule has 0 aliphatic rings. The van der Waals surface area contributed by atoms with Gasteiger partial charge in [-0.15, -0.1) is 11.8 Å². The number of carbonyl (C=O) groups is 1. The number of hydrogen-bond acceptors (Lipinski definition) is 2. The number of rotatable bonds is 4. The van der Waals surface area contributed by atoms with Crippen LogP contribution < -0.4 is 0 Å². The molecule has 0 aliphatic carbocycles. The molecule has 0 atom stereocenters. The highest BCUT2D eigenvalue weighted by Gasteiger charge is 2.27. The van der Waals surface area contributed by atoms with Crippen LogP contribution in [0.4, 0.5) is 0 Å². The normalized spacial score (nSPS) is 11.5.